The van der Waals surface area contributed by atoms with Crippen LogP contribution in [0.15, 0.2) is 24.3 Å². The fraction of sp³-hybridized carbons (Fsp3) is 0.444. The van der Waals surface area contributed by atoms with Gasteiger partial charge in [0.1, 0.15) is 0 Å². The molecule has 0 aromatic heterocycles. The second kappa shape index (κ2) is 6.12. The van der Waals surface area contributed by atoms with Crippen LogP contribution in [0.4, 0.5) is 10.5 Å². The minimum absolute atomic E-state index is 0.0549. The lowest BCUT2D eigenvalue weighted by Gasteiger charge is -2.20. The molecule has 3 saturated heterocycles. The molecule has 0 aliphatic carbocycles. The SMILES string of the molecule is O=C1C[C@]2(CCN(C(=O)Cc3ccc(N4CCNC4=O)cc3)C2)C(=O)N1. The monoisotopic (exact) mass is 356 g/mol. The van der Waals surface area contributed by atoms with Crippen molar-refractivity contribution in [2.24, 2.45) is 5.41 Å². The molecule has 1 aromatic carbocycles. The van der Waals surface area contributed by atoms with Crippen LogP contribution in [-0.2, 0) is 20.8 Å². The number of benzene rings is 1. The van der Waals surface area contributed by atoms with Crippen molar-refractivity contribution in [3.63, 3.8) is 0 Å². The number of anilines is 1. The Kier molecular flexibility index (Phi) is 3.90. The Bertz CT molecular complexity index is 791. The van der Waals surface area contributed by atoms with Crippen LogP contribution >= 0.6 is 0 Å². The largest absolute Gasteiger partial charge is 0.341 e. The highest BCUT2D eigenvalue weighted by atomic mass is 16.2. The molecule has 136 valence electrons. The van der Waals surface area contributed by atoms with E-state index in [2.05, 4.69) is 10.6 Å². The highest BCUT2D eigenvalue weighted by molar-refractivity contribution is 6.06. The van der Waals surface area contributed by atoms with E-state index in [1.54, 1.807) is 9.80 Å². The van der Waals surface area contributed by atoms with E-state index >= 15 is 0 Å². The zero-order valence-electron chi connectivity index (χ0n) is 14.3. The van der Waals surface area contributed by atoms with Crippen molar-refractivity contribution in [2.75, 3.05) is 31.1 Å². The number of rotatable bonds is 3. The minimum Gasteiger partial charge on any atom is -0.341 e. The molecule has 3 aliphatic rings. The maximum absolute atomic E-state index is 12.6. The fourth-order valence-corrected chi connectivity index (χ4v) is 3.90. The summed E-state index contributed by atoms with van der Waals surface area (Å²) < 4.78 is 0. The number of hydrogen-bond acceptors (Lipinski definition) is 4. The van der Waals surface area contributed by atoms with E-state index in [0.29, 0.717) is 32.6 Å². The molecule has 1 aromatic rings. The number of nitrogens with one attached hydrogen (secondary N) is 2. The van der Waals surface area contributed by atoms with E-state index in [0.717, 1.165) is 11.3 Å². The molecule has 2 N–H and O–H groups in total. The van der Waals surface area contributed by atoms with Gasteiger partial charge in [-0.25, -0.2) is 4.79 Å². The Morgan fingerprint density at radius 1 is 1.12 bits per heavy atom. The summed E-state index contributed by atoms with van der Waals surface area (Å²) in [6, 6.07) is 7.25. The van der Waals surface area contributed by atoms with Crippen LogP contribution in [0.3, 0.4) is 0 Å². The van der Waals surface area contributed by atoms with E-state index < -0.39 is 5.41 Å². The van der Waals surface area contributed by atoms with Crippen molar-refractivity contribution in [1.82, 2.24) is 15.5 Å². The Morgan fingerprint density at radius 3 is 2.50 bits per heavy atom. The number of urea groups is 1. The van der Waals surface area contributed by atoms with Crippen LogP contribution < -0.4 is 15.5 Å². The van der Waals surface area contributed by atoms with Crippen molar-refractivity contribution in [3.05, 3.63) is 29.8 Å². The van der Waals surface area contributed by atoms with E-state index in [1.807, 2.05) is 24.3 Å². The molecular weight excluding hydrogens is 336 g/mol. The smallest absolute Gasteiger partial charge is 0.321 e. The number of carbonyl (C=O) groups excluding carboxylic acids is 4. The number of likely N-dealkylation sites (tertiary alicyclic amines) is 1. The molecule has 0 bridgehead atoms. The third-order valence-corrected chi connectivity index (χ3v) is 5.40. The van der Waals surface area contributed by atoms with Gasteiger partial charge in [-0.15, -0.1) is 0 Å². The standard InChI is InChI=1S/C18H20N4O4/c23-14-10-18(16(25)20-14)5-7-21(11-18)15(24)9-12-1-3-13(4-2-12)22-8-6-19-17(22)26/h1-4H,5-11H2,(H,19,26)(H,20,23,25)/t18-/m0/s1. The summed E-state index contributed by atoms with van der Waals surface area (Å²) in [7, 11) is 0. The average molecular weight is 356 g/mol. The number of nitrogens with zero attached hydrogens (tertiary/aromatic N) is 2. The van der Waals surface area contributed by atoms with Gasteiger partial charge in [0.25, 0.3) is 0 Å². The molecule has 1 atom stereocenters. The van der Waals surface area contributed by atoms with Gasteiger partial charge in [0.05, 0.1) is 11.8 Å². The van der Waals surface area contributed by atoms with Crippen molar-refractivity contribution in [1.29, 1.82) is 0 Å². The summed E-state index contributed by atoms with van der Waals surface area (Å²) in [5.74, 6) is -0.572. The quantitative estimate of drug-likeness (QED) is 0.746. The van der Waals surface area contributed by atoms with Gasteiger partial charge in [-0.05, 0) is 24.1 Å². The molecule has 8 nitrogen and oxygen atoms in total. The van der Waals surface area contributed by atoms with Crippen LogP contribution in [0, 0.1) is 5.41 Å². The van der Waals surface area contributed by atoms with Crippen LogP contribution in [0.5, 0.6) is 0 Å². The van der Waals surface area contributed by atoms with Crippen molar-refractivity contribution in [3.8, 4) is 0 Å². The Labute approximate surface area is 150 Å². The predicted molar refractivity (Wildman–Crippen MR) is 92.3 cm³/mol. The molecule has 3 heterocycles. The zero-order valence-corrected chi connectivity index (χ0v) is 14.3. The van der Waals surface area contributed by atoms with Crippen molar-refractivity contribution >= 4 is 29.4 Å². The third-order valence-electron chi connectivity index (χ3n) is 5.40. The van der Waals surface area contributed by atoms with Gasteiger partial charge in [0.15, 0.2) is 0 Å². The first-order valence-corrected chi connectivity index (χ1v) is 8.73. The number of hydrogen-bond donors (Lipinski definition) is 2. The van der Waals surface area contributed by atoms with Gasteiger partial charge in [-0.3, -0.25) is 24.6 Å². The molecule has 5 amide bonds. The summed E-state index contributed by atoms with van der Waals surface area (Å²) in [6.07, 6.45) is 0.930. The Morgan fingerprint density at radius 2 is 1.88 bits per heavy atom. The molecular formula is C18H20N4O4. The molecule has 26 heavy (non-hydrogen) atoms. The van der Waals surface area contributed by atoms with Crippen molar-refractivity contribution < 1.29 is 19.2 Å². The van der Waals surface area contributed by atoms with Gasteiger partial charge < -0.3 is 10.2 Å². The van der Waals surface area contributed by atoms with Crippen molar-refractivity contribution in [2.45, 2.75) is 19.3 Å². The normalized spacial score (nSPS) is 25.2. The lowest BCUT2D eigenvalue weighted by molar-refractivity contribution is -0.131. The number of carbonyl (C=O) groups is 4. The van der Waals surface area contributed by atoms with Gasteiger partial charge in [-0.2, -0.15) is 0 Å². The molecule has 0 saturated carbocycles. The molecule has 1 spiro atoms. The second-order valence-electron chi connectivity index (χ2n) is 7.13. The maximum Gasteiger partial charge on any atom is 0.321 e. The van der Waals surface area contributed by atoms with Gasteiger partial charge in [0, 0.05) is 38.3 Å². The molecule has 0 unspecified atom stereocenters. The number of imide groups is 1. The summed E-state index contributed by atoms with van der Waals surface area (Å²) in [4.78, 5) is 51.1. The highest BCUT2D eigenvalue weighted by Gasteiger charge is 2.51. The Balaban J connectivity index is 1.39. The summed E-state index contributed by atoms with van der Waals surface area (Å²) >= 11 is 0. The first-order valence-electron chi connectivity index (χ1n) is 8.73. The maximum atomic E-state index is 12.6. The zero-order chi connectivity index (χ0) is 18.3. The molecule has 3 fully saturated rings. The summed E-state index contributed by atoms with van der Waals surface area (Å²) in [6.45, 7) is 2.06. The first-order chi connectivity index (χ1) is 12.5. The van der Waals surface area contributed by atoms with Gasteiger partial charge in [0.2, 0.25) is 17.7 Å². The second-order valence-corrected chi connectivity index (χ2v) is 7.13. The van der Waals surface area contributed by atoms with Gasteiger partial charge in [-0.1, -0.05) is 12.1 Å². The average Bonchev–Trinajstić information content (AvgIpc) is 3.29. The molecule has 3 aliphatic heterocycles. The van der Waals surface area contributed by atoms with E-state index in [1.165, 1.54) is 0 Å². The summed E-state index contributed by atoms with van der Waals surface area (Å²) in [5, 5.41) is 5.09. The van der Waals surface area contributed by atoms with Crippen LogP contribution in [-0.4, -0.2) is 54.8 Å². The summed E-state index contributed by atoms with van der Waals surface area (Å²) in [5.41, 5.74) is 0.920. The minimum atomic E-state index is -0.736. The lowest BCUT2D eigenvalue weighted by atomic mass is 9.85. The lowest BCUT2D eigenvalue weighted by Crippen LogP contribution is -2.37. The van der Waals surface area contributed by atoms with Gasteiger partial charge >= 0.3 is 6.03 Å². The first kappa shape index (κ1) is 16.6. The van der Waals surface area contributed by atoms with Crippen LogP contribution in [0.1, 0.15) is 18.4 Å². The topological polar surface area (TPSA) is 98.8 Å². The van der Waals surface area contributed by atoms with Crippen LogP contribution in [0.2, 0.25) is 0 Å². The van der Waals surface area contributed by atoms with E-state index in [9.17, 15) is 19.2 Å². The Hall–Kier alpha value is -2.90. The molecule has 8 heteroatoms. The molecule has 4 rings (SSSR count). The fourth-order valence-electron chi connectivity index (χ4n) is 3.90. The van der Waals surface area contributed by atoms with E-state index in [4.69, 9.17) is 0 Å². The molecule has 0 radical (unpaired) electrons. The van der Waals surface area contributed by atoms with Crippen LogP contribution in [0.25, 0.3) is 0 Å². The third kappa shape index (κ3) is 2.81. The number of amides is 5. The van der Waals surface area contributed by atoms with E-state index in [-0.39, 0.29) is 36.6 Å². The predicted octanol–water partition coefficient (Wildman–Crippen LogP) is 0.0239. The highest BCUT2D eigenvalue weighted by Crippen LogP contribution is 2.37.